The lowest BCUT2D eigenvalue weighted by molar-refractivity contribution is 0.0640. The summed E-state index contributed by atoms with van der Waals surface area (Å²) in [5.41, 5.74) is 6.63. The van der Waals surface area contributed by atoms with Gasteiger partial charge in [0.15, 0.2) is 5.78 Å². The summed E-state index contributed by atoms with van der Waals surface area (Å²) in [5.74, 6) is 3.71. The molecule has 0 amide bonds. The first kappa shape index (κ1) is 28.1. The number of carbonyl (C=O) groups is 1. The summed E-state index contributed by atoms with van der Waals surface area (Å²) in [7, 11) is 0. The molecular formula is C35H54O2. The summed E-state index contributed by atoms with van der Waals surface area (Å²) in [6.07, 6.45) is 15.8. The molecule has 0 radical (unpaired) electrons. The van der Waals surface area contributed by atoms with Gasteiger partial charge < -0.3 is 4.74 Å². The van der Waals surface area contributed by atoms with Crippen LogP contribution in [0.25, 0.3) is 0 Å². The van der Waals surface area contributed by atoms with Crippen molar-refractivity contribution in [3.05, 3.63) is 70.3 Å². The first-order valence-corrected chi connectivity index (χ1v) is 15.4. The van der Waals surface area contributed by atoms with Crippen LogP contribution in [-0.2, 0) is 30.4 Å². The van der Waals surface area contributed by atoms with Gasteiger partial charge in [0, 0.05) is 28.1 Å². The van der Waals surface area contributed by atoms with Crippen molar-refractivity contribution in [1.82, 2.24) is 0 Å². The number of carbonyl (C=O) groups excluding carboxylic acids is 1. The monoisotopic (exact) mass is 506 g/mol. The topological polar surface area (TPSA) is 26.3 Å². The highest BCUT2D eigenvalue weighted by Crippen LogP contribution is 2.33. The Balaban J connectivity index is 0.000000461. The van der Waals surface area contributed by atoms with Crippen LogP contribution < -0.4 is 0 Å². The van der Waals surface area contributed by atoms with Gasteiger partial charge in [-0.15, -0.1) is 0 Å². The van der Waals surface area contributed by atoms with E-state index in [1.165, 1.54) is 73.6 Å². The molecule has 3 aliphatic rings. The summed E-state index contributed by atoms with van der Waals surface area (Å²) < 4.78 is 5.48. The van der Waals surface area contributed by atoms with E-state index in [1.54, 1.807) is 0 Å². The number of ether oxygens (including phenoxy) is 1. The fourth-order valence-corrected chi connectivity index (χ4v) is 6.75. The fourth-order valence-electron chi connectivity index (χ4n) is 6.75. The van der Waals surface area contributed by atoms with Gasteiger partial charge in [-0.2, -0.15) is 0 Å². The lowest BCUT2D eigenvalue weighted by atomic mass is 9.80. The van der Waals surface area contributed by atoms with Crippen molar-refractivity contribution in [2.45, 2.75) is 104 Å². The van der Waals surface area contributed by atoms with Crippen LogP contribution in [0.15, 0.2) is 42.5 Å². The lowest BCUT2D eigenvalue weighted by Gasteiger charge is -2.25. The predicted octanol–water partition coefficient (Wildman–Crippen LogP) is 9.31. The van der Waals surface area contributed by atoms with E-state index in [2.05, 4.69) is 51.1 Å². The average Bonchev–Trinajstić information content (AvgIpc) is 3.37. The van der Waals surface area contributed by atoms with Crippen molar-refractivity contribution < 1.29 is 12.4 Å². The molecule has 2 aromatic rings. The Hall–Kier alpha value is -1.93. The lowest BCUT2D eigenvalue weighted by Crippen LogP contribution is -2.18. The number of fused-ring (bicyclic) bond motifs is 1. The number of benzene rings is 2. The van der Waals surface area contributed by atoms with Crippen LogP contribution in [0.4, 0.5) is 0 Å². The number of ketones is 1. The van der Waals surface area contributed by atoms with Crippen LogP contribution in [0.3, 0.4) is 0 Å². The highest BCUT2D eigenvalue weighted by Gasteiger charge is 2.23. The summed E-state index contributed by atoms with van der Waals surface area (Å²) in [6.45, 7) is 8.73. The predicted molar refractivity (Wildman–Crippen MR) is 160 cm³/mol. The third kappa shape index (κ3) is 8.28. The molecule has 1 unspecified atom stereocenters. The standard InChI is InChI=1S/C27H34O2.C8H16.2H2/c1-2-20-5-9-24(10-6-20)27(28)19-23-8-12-25-17-22(7-11-26(25)18-23)4-3-21-13-15-29-16-14-21;1-3-8-6-4-5-7(8)2;;/h5-7,9-11,17,21,23H,2-4,8,12-16,18-19H2,1H3;7-8H,3-6H2,1-2H3;2*1H/t23-;7?,8-;;/m01../s1. The number of hydrogen-bond donors (Lipinski definition) is 0. The quantitative estimate of drug-likeness (QED) is 0.333. The molecule has 37 heavy (non-hydrogen) atoms. The van der Waals surface area contributed by atoms with E-state index in [-0.39, 0.29) is 2.85 Å². The molecule has 5 rings (SSSR count). The van der Waals surface area contributed by atoms with Gasteiger partial charge in [-0.3, -0.25) is 4.79 Å². The summed E-state index contributed by atoms with van der Waals surface area (Å²) in [4.78, 5) is 12.7. The van der Waals surface area contributed by atoms with E-state index in [4.69, 9.17) is 4.74 Å². The third-order valence-corrected chi connectivity index (χ3v) is 9.51. The molecule has 1 saturated heterocycles. The molecule has 3 atom stereocenters. The maximum Gasteiger partial charge on any atom is 0.163 e. The Morgan fingerprint density at radius 1 is 0.892 bits per heavy atom. The van der Waals surface area contributed by atoms with E-state index in [1.807, 2.05) is 12.1 Å². The number of rotatable bonds is 8. The third-order valence-electron chi connectivity index (χ3n) is 9.51. The molecule has 2 aliphatic carbocycles. The van der Waals surface area contributed by atoms with Gasteiger partial charge in [0.2, 0.25) is 0 Å². The second-order valence-electron chi connectivity index (χ2n) is 12.1. The molecule has 0 spiro atoms. The molecule has 2 fully saturated rings. The SMILES string of the molecule is CC[C@@H]1CCCC1C.CCc1ccc(C(=O)C[C@H]2CCc3cc(CCC4CCOCC4)ccc3C2)cc1.[HH].[HH]. The maximum atomic E-state index is 12.7. The first-order valence-electron chi connectivity index (χ1n) is 15.4. The maximum absolute atomic E-state index is 12.7. The van der Waals surface area contributed by atoms with Crippen molar-refractivity contribution in [3.8, 4) is 0 Å². The molecule has 1 heterocycles. The van der Waals surface area contributed by atoms with Gasteiger partial charge in [-0.25, -0.2) is 0 Å². The van der Waals surface area contributed by atoms with E-state index in [9.17, 15) is 4.79 Å². The van der Waals surface area contributed by atoms with Gasteiger partial charge in [-0.05, 0) is 97.3 Å². The van der Waals surface area contributed by atoms with Crippen LogP contribution in [0.1, 0.15) is 114 Å². The normalized spacial score (nSPS) is 23.7. The Bertz CT molecular complexity index is 981. The van der Waals surface area contributed by atoms with Crippen LogP contribution in [0.5, 0.6) is 0 Å². The van der Waals surface area contributed by atoms with E-state index in [0.29, 0.717) is 18.1 Å². The summed E-state index contributed by atoms with van der Waals surface area (Å²) in [6, 6.07) is 15.3. The number of Topliss-reactive ketones (excluding diaryl/α,β-unsaturated/α-hetero) is 1. The van der Waals surface area contributed by atoms with Crippen molar-refractivity contribution in [3.63, 3.8) is 0 Å². The Labute approximate surface area is 229 Å². The molecule has 206 valence electrons. The summed E-state index contributed by atoms with van der Waals surface area (Å²) >= 11 is 0. The molecule has 0 bridgehead atoms. The Morgan fingerprint density at radius 3 is 2.30 bits per heavy atom. The van der Waals surface area contributed by atoms with Gasteiger partial charge in [-0.1, -0.05) is 88.9 Å². The molecule has 0 aromatic heterocycles. The van der Waals surface area contributed by atoms with Crippen LogP contribution >= 0.6 is 0 Å². The highest BCUT2D eigenvalue weighted by atomic mass is 16.5. The smallest absolute Gasteiger partial charge is 0.163 e. The second kappa shape index (κ2) is 14.3. The number of hydrogen-bond acceptors (Lipinski definition) is 2. The van der Waals surface area contributed by atoms with Crippen molar-refractivity contribution in [2.24, 2.45) is 23.7 Å². The summed E-state index contributed by atoms with van der Waals surface area (Å²) in [5, 5.41) is 0. The highest BCUT2D eigenvalue weighted by molar-refractivity contribution is 5.96. The minimum Gasteiger partial charge on any atom is -0.381 e. The van der Waals surface area contributed by atoms with Gasteiger partial charge in [0.1, 0.15) is 0 Å². The molecule has 2 nitrogen and oxygen atoms in total. The molecule has 1 aliphatic heterocycles. The first-order chi connectivity index (χ1) is 18.1. The zero-order valence-corrected chi connectivity index (χ0v) is 23.8. The van der Waals surface area contributed by atoms with Crippen LogP contribution in [-0.4, -0.2) is 19.0 Å². The average molecular weight is 507 g/mol. The van der Waals surface area contributed by atoms with Crippen molar-refractivity contribution in [2.75, 3.05) is 13.2 Å². The molecule has 1 saturated carbocycles. The van der Waals surface area contributed by atoms with Crippen molar-refractivity contribution in [1.29, 1.82) is 0 Å². The van der Waals surface area contributed by atoms with Crippen LogP contribution in [0.2, 0.25) is 0 Å². The largest absolute Gasteiger partial charge is 0.381 e. The molecular weight excluding hydrogens is 452 g/mol. The van der Waals surface area contributed by atoms with E-state index < -0.39 is 0 Å². The minimum atomic E-state index is 0. The van der Waals surface area contributed by atoms with E-state index in [0.717, 1.165) is 62.2 Å². The van der Waals surface area contributed by atoms with Crippen molar-refractivity contribution >= 4 is 5.78 Å². The minimum absolute atomic E-state index is 0. The molecule has 0 N–H and O–H groups in total. The van der Waals surface area contributed by atoms with Crippen LogP contribution in [0, 0.1) is 23.7 Å². The molecule has 2 heteroatoms. The second-order valence-corrected chi connectivity index (χ2v) is 12.1. The zero-order chi connectivity index (χ0) is 26.0. The van der Waals surface area contributed by atoms with Gasteiger partial charge in [0.25, 0.3) is 0 Å². The zero-order valence-electron chi connectivity index (χ0n) is 23.8. The Morgan fingerprint density at radius 2 is 1.65 bits per heavy atom. The van der Waals surface area contributed by atoms with Gasteiger partial charge >= 0.3 is 0 Å². The number of aryl methyl sites for hydroxylation is 3. The fraction of sp³-hybridized carbons (Fsp3) is 0.629. The van der Waals surface area contributed by atoms with Gasteiger partial charge in [0.05, 0.1) is 0 Å². The van der Waals surface area contributed by atoms with E-state index >= 15 is 0 Å². The Kier molecular flexibility index (Phi) is 10.8. The molecule has 2 aromatic carbocycles.